The first kappa shape index (κ1) is 101. The van der Waals surface area contributed by atoms with Gasteiger partial charge < -0.3 is 0 Å². The lowest BCUT2D eigenvalue weighted by Crippen LogP contribution is -2.58. The minimum Gasteiger partial charge on any atom is -0.200 e. The highest BCUT2D eigenvalue weighted by Gasteiger charge is 2.51. The zero-order valence-electron chi connectivity index (χ0n) is 85.7. The smallest absolute Gasteiger partial charge is 0.200 e. The molecular formula is C115H154N8Si4+4. The number of nitriles is 4. The van der Waals surface area contributed by atoms with E-state index in [0.29, 0.717) is 27.8 Å². The van der Waals surface area contributed by atoms with Crippen molar-refractivity contribution in [1.82, 2.24) is 0 Å². The number of nitrogens with zero attached hydrogens (tertiary/aromatic N) is 8. The maximum Gasteiger partial charge on any atom is 0.220 e. The molecule has 127 heavy (non-hydrogen) atoms. The number of hydrogen-bond acceptors (Lipinski definition) is 4. The van der Waals surface area contributed by atoms with Crippen molar-refractivity contribution < 1.29 is 18.3 Å². The third-order valence-corrected chi connectivity index (χ3v) is 56.8. The molecule has 8 nitrogen and oxygen atoms in total. The number of benzene rings is 8. The second-order valence-electron chi connectivity index (χ2n) is 43.8. The van der Waals surface area contributed by atoms with E-state index in [0.717, 1.165) is 66.8 Å². The van der Waals surface area contributed by atoms with Crippen LogP contribution in [0.1, 0.15) is 227 Å². The fourth-order valence-corrected chi connectivity index (χ4v) is 40.3. The minimum atomic E-state index is -1.84. The number of fused-ring (bicyclic) bond motifs is 4. The normalized spacial score (nSPS) is 12.4. The Morgan fingerprint density at radius 3 is 0.772 bits per heavy atom. The molecule has 0 bridgehead atoms. The highest BCUT2D eigenvalue weighted by Crippen LogP contribution is 2.52. The lowest BCUT2D eigenvalue weighted by molar-refractivity contribution is -0.659. The van der Waals surface area contributed by atoms with Gasteiger partial charge in [0.2, 0.25) is 22.8 Å². The summed E-state index contributed by atoms with van der Waals surface area (Å²) in [6.07, 6.45) is 8.73. The second kappa shape index (κ2) is 38.5. The van der Waals surface area contributed by atoms with E-state index in [4.69, 9.17) is 0 Å². The predicted molar refractivity (Wildman–Crippen MR) is 556 cm³/mol. The number of aromatic nitrogens is 4. The number of pyridine rings is 4. The van der Waals surface area contributed by atoms with Crippen molar-refractivity contribution in [2.45, 2.75) is 292 Å². The second-order valence-corrected chi connectivity index (χ2v) is 65.0. The van der Waals surface area contributed by atoms with E-state index in [-0.39, 0.29) is 10.1 Å². The summed E-state index contributed by atoms with van der Waals surface area (Å²) in [5.41, 5.74) is 26.3. The van der Waals surface area contributed by atoms with E-state index in [1.165, 1.54) is 151 Å². The van der Waals surface area contributed by atoms with Gasteiger partial charge in [0.15, 0.2) is 24.8 Å². The van der Waals surface area contributed by atoms with Gasteiger partial charge in [-0.25, -0.2) is 18.3 Å². The summed E-state index contributed by atoms with van der Waals surface area (Å²) < 4.78 is 8.90. The fourth-order valence-electron chi connectivity index (χ4n) is 21.7. The van der Waals surface area contributed by atoms with Gasteiger partial charge >= 0.3 is 0 Å². The van der Waals surface area contributed by atoms with Crippen LogP contribution in [0.25, 0.3) is 88.1 Å². The number of hydrogen-bond donors (Lipinski definition) is 0. The van der Waals surface area contributed by atoms with Crippen LogP contribution in [-0.4, -0.2) is 32.3 Å². The zero-order chi connectivity index (χ0) is 95.2. The maximum atomic E-state index is 9.65. The lowest BCUT2D eigenvalue weighted by Gasteiger charge is -2.50. The lowest BCUT2D eigenvalue weighted by atomic mass is 9.91. The number of rotatable bonds is 16. The van der Waals surface area contributed by atoms with Gasteiger partial charge in [-0.15, -0.1) is 0 Å². The van der Waals surface area contributed by atoms with Gasteiger partial charge in [-0.05, 0) is 258 Å². The first-order valence-electron chi connectivity index (χ1n) is 46.7. The Bertz CT molecular complexity index is 6360. The molecule has 12 rings (SSSR count). The molecule has 4 aromatic heterocycles. The average molecular weight is 1760 g/mol. The van der Waals surface area contributed by atoms with Gasteiger partial charge in [-0.1, -0.05) is 258 Å². The quantitative estimate of drug-likeness (QED) is 0.0709. The molecule has 0 saturated heterocycles. The Morgan fingerprint density at radius 1 is 0.299 bits per heavy atom. The number of aryl methyl sites for hydroxylation is 8. The van der Waals surface area contributed by atoms with Gasteiger partial charge in [0, 0.05) is 24.3 Å². The van der Waals surface area contributed by atoms with Crippen molar-refractivity contribution in [3.05, 3.63) is 235 Å². The topological polar surface area (TPSA) is 111 Å². The van der Waals surface area contributed by atoms with Crippen molar-refractivity contribution in [2.24, 2.45) is 45.9 Å². The van der Waals surface area contributed by atoms with Crippen LogP contribution < -0.4 is 39.0 Å². The van der Waals surface area contributed by atoms with Crippen LogP contribution in [0, 0.1) is 146 Å². The molecule has 0 aliphatic carbocycles. The molecule has 666 valence electrons. The molecule has 12 heteroatoms. The highest BCUT2D eigenvalue weighted by atomic mass is 28.3. The van der Waals surface area contributed by atoms with E-state index >= 15 is 0 Å². The largest absolute Gasteiger partial charge is 0.220 e. The summed E-state index contributed by atoms with van der Waals surface area (Å²) in [5.74, 6) is 2.14. The standard InChI is InChI=1S/C32H45N2Si.C29H39N2Si.C28H37N2Si.C26H33N2Si/c1-21(2)18-35(19-22(3)4,20-23(5)6)28-11-12-29-27(16-28)13-14-34(10)32(29)30-15-24(7)31(17-33)26(9)25(30)8;1-19-16-25(20(2)21(3)26(19)18-30)27-24-13-12-23(17-22(24)14-15-31(27)10)32(11,28(4,5)6)29(7,8)9;1-10-31(11-2,28(6,7)8)23-12-13-24-22(17-23)14-15-30(9)27(24)25-16-19(3)26(18-29)21(5)20(25)4;1-17-14-23(18(2)19(3)24(17)16-27)25-22-11-10-21(29(8,9)26(4,5)6)15-20(22)12-13-28(25)7/h11-16,21-23H,18-20H2,1-10H3;12-17H,1-11H3;12-17H,10-11H2,1-9H3;10-15H,1-9H3/q4*+1. The van der Waals surface area contributed by atoms with Gasteiger partial charge in [0.1, 0.15) is 28.2 Å². The van der Waals surface area contributed by atoms with E-state index in [2.05, 4.69) is 437 Å². The molecule has 0 N–H and O–H groups in total. The molecule has 0 spiro atoms. The van der Waals surface area contributed by atoms with E-state index in [1.807, 2.05) is 20.8 Å². The van der Waals surface area contributed by atoms with Crippen LogP contribution in [0.5, 0.6) is 0 Å². The summed E-state index contributed by atoms with van der Waals surface area (Å²) in [7, 11) is 1.75. The van der Waals surface area contributed by atoms with Crippen LogP contribution >= 0.6 is 0 Å². The SMILES string of the molecule is CC[Si](CC)(c1ccc2c(-c3cc(C)c(C#N)c(C)c3C)[n+](C)ccc2c1)C(C)(C)C.Cc1cc(-c2c3ccc([Si](C)(C(C)(C)C)C(C)(C)C)cc3cc[n+]2C)c(C)c(C)c1C#N.Cc1cc(-c2c3ccc([Si](C)(C)C(C)(C)C)cc3cc[n+]2C)c(C)c(C)c1C#N.Cc1cc(-c2c3ccc([Si](CC(C)C)(CC(C)C)CC(C)C)cc3cc[n+]2C)c(C)c(C)c1C#N. The van der Waals surface area contributed by atoms with Crippen molar-refractivity contribution in [3.8, 4) is 69.3 Å². The molecule has 0 aliphatic rings. The van der Waals surface area contributed by atoms with Crippen molar-refractivity contribution in [3.63, 3.8) is 0 Å². The Kier molecular flexibility index (Phi) is 30.6. The summed E-state index contributed by atoms with van der Waals surface area (Å²) in [5, 5.41) is 56.1. The molecule has 0 saturated carbocycles. The van der Waals surface area contributed by atoms with Crippen LogP contribution in [0.3, 0.4) is 0 Å². The average Bonchev–Trinajstić information content (AvgIpc) is 0.736. The maximum absolute atomic E-state index is 9.65. The first-order valence-corrected chi connectivity index (χ1v) is 57.3. The summed E-state index contributed by atoms with van der Waals surface area (Å²) in [6, 6.07) is 62.8. The van der Waals surface area contributed by atoms with Crippen molar-refractivity contribution >= 4 is 96.1 Å². The van der Waals surface area contributed by atoms with Crippen LogP contribution in [0.4, 0.5) is 0 Å². The molecule has 0 fully saturated rings. The van der Waals surface area contributed by atoms with Gasteiger partial charge in [0.25, 0.3) is 0 Å². The van der Waals surface area contributed by atoms with Crippen molar-refractivity contribution in [2.75, 3.05) is 0 Å². The molecule has 0 aliphatic heterocycles. The van der Waals surface area contributed by atoms with Gasteiger partial charge in [0.05, 0.1) is 123 Å². The van der Waals surface area contributed by atoms with E-state index < -0.39 is 32.3 Å². The van der Waals surface area contributed by atoms with Gasteiger partial charge in [-0.3, -0.25) is 0 Å². The fraction of sp³-hybridized carbons (Fsp3) is 0.443. The Labute approximate surface area is 771 Å². The highest BCUT2D eigenvalue weighted by molar-refractivity contribution is 6.96. The third kappa shape index (κ3) is 19.5. The van der Waals surface area contributed by atoms with Crippen molar-refractivity contribution in [1.29, 1.82) is 21.0 Å². The zero-order valence-corrected chi connectivity index (χ0v) is 89.7. The molecule has 0 atom stereocenters. The third-order valence-electron chi connectivity index (χ3n) is 30.8. The van der Waals surface area contributed by atoms with Crippen LogP contribution in [0.15, 0.2) is 146 Å². The summed E-state index contributed by atoms with van der Waals surface area (Å²) >= 11 is 0. The minimum absolute atomic E-state index is 0.249. The summed E-state index contributed by atoms with van der Waals surface area (Å²) in [4.78, 5) is 0. The Morgan fingerprint density at radius 2 is 0.535 bits per heavy atom. The molecule has 12 aromatic rings. The Hall–Kier alpha value is -9.77. The molecule has 0 unspecified atom stereocenters. The van der Waals surface area contributed by atoms with E-state index in [1.54, 1.807) is 10.4 Å². The predicted octanol–water partition coefficient (Wildman–Crippen LogP) is 27.2. The molecule has 4 heterocycles. The molecule has 0 amide bonds. The molecule has 0 radical (unpaired) electrons. The van der Waals surface area contributed by atoms with Crippen LogP contribution in [-0.2, 0) is 28.2 Å². The van der Waals surface area contributed by atoms with E-state index in [9.17, 15) is 21.0 Å². The molecule has 8 aromatic carbocycles. The monoisotopic (exact) mass is 1760 g/mol. The molecular weight excluding hydrogens is 1610 g/mol. The van der Waals surface area contributed by atoms with Gasteiger partial charge in [-0.2, -0.15) is 21.0 Å². The summed E-state index contributed by atoms with van der Waals surface area (Å²) in [6.45, 7) is 80.6. The first-order chi connectivity index (χ1) is 59.0. The Balaban J connectivity index is 0.000000192. The van der Waals surface area contributed by atoms with Crippen LogP contribution in [0.2, 0.25) is 70.0 Å².